The lowest BCUT2D eigenvalue weighted by molar-refractivity contribution is 0.0716. The second-order valence-corrected chi connectivity index (χ2v) is 9.76. The van der Waals surface area contributed by atoms with Gasteiger partial charge < -0.3 is 13.5 Å². The summed E-state index contributed by atoms with van der Waals surface area (Å²) < 4.78 is 49.2. The highest BCUT2D eigenvalue weighted by atomic mass is 79.9. The highest BCUT2D eigenvalue weighted by molar-refractivity contribution is 9.10. The minimum absolute atomic E-state index is 0.0998. The minimum Gasteiger partial charge on any atom is -0.467 e. The van der Waals surface area contributed by atoms with Gasteiger partial charge in [-0.25, -0.2) is 4.39 Å². The Morgan fingerprint density at radius 3 is 2.26 bits per heavy atom. The van der Waals surface area contributed by atoms with E-state index < -0.39 is 15.9 Å². The molecule has 1 amide bonds. The Morgan fingerprint density at radius 2 is 1.62 bits per heavy atom. The average molecular weight is 544 g/mol. The molecule has 0 spiro atoms. The molecule has 0 unspecified atom stereocenters. The maximum absolute atomic E-state index is 13.3. The van der Waals surface area contributed by atoms with Gasteiger partial charge in [-0.1, -0.05) is 24.3 Å². The van der Waals surface area contributed by atoms with Gasteiger partial charge in [0.25, 0.3) is 5.91 Å². The number of carbonyl (C=O) groups is 1. The molecule has 174 valence electrons. The van der Waals surface area contributed by atoms with Crippen molar-refractivity contribution in [2.24, 2.45) is 0 Å². The van der Waals surface area contributed by atoms with Gasteiger partial charge in [-0.3, -0.25) is 4.79 Å². The van der Waals surface area contributed by atoms with Crippen molar-refractivity contribution in [3.8, 4) is 5.75 Å². The molecule has 6 nitrogen and oxygen atoms in total. The monoisotopic (exact) mass is 543 g/mol. The van der Waals surface area contributed by atoms with E-state index in [9.17, 15) is 17.6 Å². The molecule has 0 bridgehead atoms. The largest absolute Gasteiger partial charge is 0.467 e. The van der Waals surface area contributed by atoms with Crippen molar-refractivity contribution >= 4 is 32.0 Å². The number of hydrogen-bond donors (Lipinski definition) is 0. The van der Waals surface area contributed by atoms with Gasteiger partial charge in [0.05, 0.1) is 18.4 Å². The summed E-state index contributed by atoms with van der Waals surface area (Å²) in [5, 5.41) is 0. The molecule has 3 aromatic carbocycles. The molecule has 0 aliphatic heterocycles. The number of furan rings is 1. The van der Waals surface area contributed by atoms with Gasteiger partial charge in [0.2, 0.25) is 0 Å². The first-order valence-corrected chi connectivity index (χ1v) is 12.4. The van der Waals surface area contributed by atoms with E-state index in [-0.39, 0.29) is 29.6 Å². The van der Waals surface area contributed by atoms with Crippen LogP contribution in [0.4, 0.5) is 4.39 Å². The van der Waals surface area contributed by atoms with Gasteiger partial charge in [0, 0.05) is 11.0 Å². The fraction of sp³-hybridized carbons (Fsp3) is 0.0800. The number of nitrogens with zero attached hydrogens (tertiary/aromatic N) is 1. The van der Waals surface area contributed by atoms with Crippen molar-refractivity contribution in [1.29, 1.82) is 0 Å². The molecule has 4 aromatic rings. The third kappa shape index (κ3) is 5.73. The molecule has 1 aromatic heterocycles. The molecule has 0 saturated carbocycles. The molecule has 0 N–H and O–H groups in total. The number of carbonyl (C=O) groups excluding carboxylic acids is 1. The Hall–Kier alpha value is -3.43. The zero-order valence-electron chi connectivity index (χ0n) is 17.7. The molecular formula is C25H19BrFNO5S. The van der Waals surface area contributed by atoms with E-state index in [4.69, 9.17) is 8.60 Å². The van der Waals surface area contributed by atoms with Crippen molar-refractivity contribution in [1.82, 2.24) is 4.90 Å². The molecule has 0 radical (unpaired) electrons. The lowest BCUT2D eigenvalue weighted by Gasteiger charge is -2.22. The van der Waals surface area contributed by atoms with Crippen molar-refractivity contribution in [3.05, 3.63) is 118 Å². The van der Waals surface area contributed by atoms with Gasteiger partial charge in [0.1, 0.15) is 22.2 Å². The molecule has 0 saturated heterocycles. The average Bonchev–Trinajstić information content (AvgIpc) is 3.33. The maximum Gasteiger partial charge on any atom is 0.339 e. The molecular weight excluding hydrogens is 525 g/mol. The second-order valence-electron chi connectivity index (χ2n) is 7.36. The lowest BCUT2D eigenvalue weighted by atomic mass is 10.1. The first-order valence-electron chi connectivity index (χ1n) is 10.2. The molecule has 9 heteroatoms. The lowest BCUT2D eigenvalue weighted by Crippen LogP contribution is -2.30. The van der Waals surface area contributed by atoms with Gasteiger partial charge in [-0.05, 0) is 82.2 Å². The van der Waals surface area contributed by atoms with E-state index in [1.807, 2.05) is 6.07 Å². The smallest absolute Gasteiger partial charge is 0.339 e. The van der Waals surface area contributed by atoms with E-state index in [1.54, 1.807) is 53.6 Å². The van der Waals surface area contributed by atoms with Crippen LogP contribution in [0.15, 0.2) is 105 Å². The summed E-state index contributed by atoms with van der Waals surface area (Å²) in [7, 11) is -4.10. The molecule has 4 rings (SSSR count). The Labute approximate surface area is 204 Å². The van der Waals surface area contributed by atoms with Crippen LogP contribution in [0.1, 0.15) is 21.7 Å². The van der Waals surface area contributed by atoms with Crippen LogP contribution in [0.3, 0.4) is 0 Å². The number of benzene rings is 3. The van der Waals surface area contributed by atoms with Crippen LogP contribution in [0.5, 0.6) is 5.75 Å². The normalized spacial score (nSPS) is 11.2. The predicted molar refractivity (Wildman–Crippen MR) is 127 cm³/mol. The standard InChI is InChI=1S/C25H19BrFNO5S/c26-24-6-2-1-5-23(24)25(29)28(17-21-4-3-15-32-21)16-18-7-11-20(12-8-18)33-34(30,31)22-13-9-19(27)10-14-22/h1-15H,16-17H2. The number of halogens is 2. The summed E-state index contributed by atoms with van der Waals surface area (Å²) in [5.74, 6) is -0.00360. The Balaban J connectivity index is 1.52. The number of amides is 1. The van der Waals surface area contributed by atoms with Crippen molar-refractivity contribution in [3.63, 3.8) is 0 Å². The van der Waals surface area contributed by atoms with Crippen molar-refractivity contribution < 1.29 is 26.2 Å². The second kappa shape index (κ2) is 10.2. The summed E-state index contributed by atoms with van der Waals surface area (Å²) in [6.45, 7) is 0.510. The summed E-state index contributed by atoms with van der Waals surface area (Å²) >= 11 is 3.42. The van der Waals surface area contributed by atoms with Crippen LogP contribution in [0, 0.1) is 5.82 Å². The number of rotatable bonds is 8. The topological polar surface area (TPSA) is 76.8 Å². The fourth-order valence-electron chi connectivity index (χ4n) is 3.24. The molecule has 0 atom stereocenters. The van der Waals surface area contributed by atoms with Crippen LogP contribution < -0.4 is 4.18 Å². The van der Waals surface area contributed by atoms with E-state index >= 15 is 0 Å². The molecule has 0 aliphatic carbocycles. The fourth-order valence-corrected chi connectivity index (χ4v) is 4.63. The van der Waals surface area contributed by atoms with Crippen LogP contribution in [-0.2, 0) is 23.2 Å². The summed E-state index contributed by atoms with van der Waals surface area (Å²) in [4.78, 5) is 14.7. The van der Waals surface area contributed by atoms with E-state index in [0.29, 0.717) is 15.8 Å². The van der Waals surface area contributed by atoms with Crippen LogP contribution in [0.25, 0.3) is 0 Å². The van der Waals surface area contributed by atoms with Crippen molar-refractivity contribution in [2.75, 3.05) is 0 Å². The summed E-state index contributed by atoms with van der Waals surface area (Å²) in [6.07, 6.45) is 1.55. The quantitative estimate of drug-likeness (QED) is 0.263. The Bertz CT molecular complexity index is 1370. The zero-order chi connectivity index (χ0) is 24.1. The van der Waals surface area contributed by atoms with E-state index in [1.165, 1.54) is 12.1 Å². The number of hydrogen-bond acceptors (Lipinski definition) is 5. The van der Waals surface area contributed by atoms with Crippen LogP contribution >= 0.6 is 15.9 Å². The first-order chi connectivity index (χ1) is 16.3. The van der Waals surface area contributed by atoms with Gasteiger partial charge in [0.15, 0.2) is 0 Å². The highest BCUT2D eigenvalue weighted by Gasteiger charge is 2.21. The van der Waals surface area contributed by atoms with Gasteiger partial charge in [-0.2, -0.15) is 8.42 Å². The first kappa shape index (κ1) is 23.7. The predicted octanol–water partition coefficient (Wildman–Crippen LogP) is 5.79. The Kier molecular flexibility index (Phi) is 7.14. The van der Waals surface area contributed by atoms with Crippen LogP contribution in [-0.4, -0.2) is 19.2 Å². The van der Waals surface area contributed by atoms with Gasteiger partial charge >= 0.3 is 10.1 Å². The summed E-state index contributed by atoms with van der Waals surface area (Å²) in [5.41, 5.74) is 1.28. The van der Waals surface area contributed by atoms with Crippen molar-refractivity contribution in [2.45, 2.75) is 18.0 Å². The zero-order valence-corrected chi connectivity index (χ0v) is 20.1. The molecule has 1 heterocycles. The minimum atomic E-state index is -4.10. The van der Waals surface area contributed by atoms with E-state index in [2.05, 4.69) is 15.9 Å². The summed E-state index contributed by atoms with van der Waals surface area (Å²) in [6, 6.07) is 21.4. The molecule has 0 fully saturated rings. The SMILES string of the molecule is O=C(c1ccccc1Br)N(Cc1ccc(OS(=O)(=O)c2ccc(F)cc2)cc1)Cc1ccco1. The molecule has 34 heavy (non-hydrogen) atoms. The van der Waals surface area contributed by atoms with E-state index in [0.717, 1.165) is 29.8 Å². The third-order valence-corrected chi connectivity index (χ3v) is 6.88. The van der Waals surface area contributed by atoms with Gasteiger partial charge in [-0.15, -0.1) is 0 Å². The third-order valence-electron chi connectivity index (χ3n) is 4.92. The Morgan fingerprint density at radius 1 is 0.912 bits per heavy atom. The maximum atomic E-state index is 13.3. The van der Waals surface area contributed by atoms with Crippen LogP contribution in [0.2, 0.25) is 0 Å². The molecule has 0 aliphatic rings. The highest BCUT2D eigenvalue weighted by Crippen LogP contribution is 2.23.